The predicted molar refractivity (Wildman–Crippen MR) is 117 cm³/mol. The van der Waals surface area contributed by atoms with Gasteiger partial charge in [0.25, 0.3) is 5.91 Å². The minimum absolute atomic E-state index is 0.0206. The molecule has 0 aromatic heterocycles. The molecule has 7 nitrogen and oxygen atoms in total. The van der Waals surface area contributed by atoms with Gasteiger partial charge in [0.2, 0.25) is 12.7 Å². The lowest BCUT2D eigenvalue weighted by Gasteiger charge is -2.38. The van der Waals surface area contributed by atoms with Gasteiger partial charge in [-0.15, -0.1) is 11.8 Å². The summed E-state index contributed by atoms with van der Waals surface area (Å²) in [5.74, 6) is 2.06. The van der Waals surface area contributed by atoms with Crippen molar-refractivity contribution in [1.29, 1.82) is 0 Å². The fourth-order valence-corrected chi connectivity index (χ4v) is 5.21. The molecule has 0 radical (unpaired) electrons. The van der Waals surface area contributed by atoms with E-state index in [1.54, 1.807) is 17.8 Å². The molecule has 1 saturated heterocycles. The number of carbonyl (C=O) groups excluding carboxylic acids is 2. The van der Waals surface area contributed by atoms with E-state index in [-0.39, 0.29) is 24.0 Å². The van der Waals surface area contributed by atoms with Crippen LogP contribution in [0.3, 0.4) is 0 Å². The standard InChI is InChI=1S/C23H24N2O5S/c26-21-5-10-31-20-4-1-15(11-17(20)25-21)22(27)24-13-23(6-8-28-9-7-23)16-2-3-18-19(12-16)30-14-29-18/h1-4,11-12H,5-10,13-14H2,(H,24,27)(H,25,26). The van der Waals surface area contributed by atoms with Gasteiger partial charge in [-0.1, -0.05) is 6.07 Å². The highest BCUT2D eigenvalue weighted by Crippen LogP contribution is 2.40. The maximum absolute atomic E-state index is 13.0. The molecule has 31 heavy (non-hydrogen) atoms. The number of hydrogen-bond acceptors (Lipinski definition) is 6. The topological polar surface area (TPSA) is 85.9 Å². The number of hydrogen-bond donors (Lipinski definition) is 2. The van der Waals surface area contributed by atoms with Gasteiger partial charge < -0.3 is 24.8 Å². The molecule has 0 atom stereocenters. The normalized spacial score (nSPS) is 19.2. The van der Waals surface area contributed by atoms with Crippen molar-refractivity contribution < 1.29 is 23.8 Å². The van der Waals surface area contributed by atoms with Gasteiger partial charge in [0.1, 0.15) is 0 Å². The van der Waals surface area contributed by atoms with E-state index in [0.717, 1.165) is 40.6 Å². The molecule has 3 aliphatic rings. The maximum atomic E-state index is 13.0. The smallest absolute Gasteiger partial charge is 0.251 e. The molecule has 5 rings (SSSR count). The number of rotatable bonds is 4. The quantitative estimate of drug-likeness (QED) is 0.759. The van der Waals surface area contributed by atoms with Gasteiger partial charge in [-0.25, -0.2) is 0 Å². The number of ether oxygens (including phenoxy) is 3. The first-order chi connectivity index (χ1) is 15.1. The molecule has 0 bridgehead atoms. The van der Waals surface area contributed by atoms with E-state index >= 15 is 0 Å². The lowest BCUT2D eigenvalue weighted by Crippen LogP contribution is -2.44. The van der Waals surface area contributed by atoms with Crippen molar-refractivity contribution >= 4 is 29.3 Å². The summed E-state index contributed by atoms with van der Waals surface area (Å²) in [6.45, 7) is 2.02. The van der Waals surface area contributed by atoms with Crippen LogP contribution in [0.5, 0.6) is 11.5 Å². The van der Waals surface area contributed by atoms with E-state index in [1.165, 1.54) is 0 Å². The molecule has 0 aliphatic carbocycles. The lowest BCUT2D eigenvalue weighted by atomic mass is 9.74. The number of amides is 2. The number of nitrogens with one attached hydrogen (secondary N) is 2. The van der Waals surface area contributed by atoms with Crippen LogP contribution in [-0.2, 0) is 14.9 Å². The van der Waals surface area contributed by atoms with Gasteiger partial charge in [-0.2, -0.15) is 0 Å². The summed E-state index contributed by atoms with van der Waals surface area (Å²) < 4.78 is 16.6. The largest absolute Gasteiger partial charge is 0.454 e. The first kappa shape index (κ1) is 20.2. The van der Waals surface area contributed by atoms with E-state index in [9.17, 15) is 9.59 Å². The van der Waals surface area contributed by atoms with Crippen LogP contribution < -0.4 is 20.1 Å². The second-order valence-corrected chi connectivity index (χ2v) is 9.14. The Morgan fingerprint density at radius 3 is 2.81 bits per heavy atom. The molecule has 0 saturated carbocycles. The molecule has 2 N–H and O–H groups in total. The van der Waals surface area contributed by atoms with Crippen molar-refractivity contribution in [3.8, 4) is 11.5 Å². The Labute approximate surface area is 184 Å². The van der Waals surface area contributed by atoms with Crippen LogP contribution in [0.15, 0.2) is 41.3 Å². The molecule has 0 spiro atoms. The third kappa shape index (κ3) is 4.09. The van der Waals surface area contributed by atoms with Gasteiger partial charge in [0.15, 0.2) is 11.5 Å². The summed E-state index contributed by atoms with van der Waals surface area (Å²) in [6, 6.07) is 11.5. The second-order valence-electron chi connectivity index (χ2n) is 8.00. The first-order valence-electron chi connectivity index (χ1n) is 10.5. The summed E-state index contributed by atoms with van der Waals surface area (Å²) in [5.41, 5.74) is 2.13. The molecule has 162 valence electrons. The van der Waals surface area contributed by atoms with Crippen LogP contribution in [0.1, 0.15) is 35.2 Å². The zero-order chi connectivity index (χ0) is 21.3. The van der Waals surface area contributed by atoms with Crippen LogP contribution in [0.2, 0.25) is 0 Å². The van der Waals surface area contributed by atoms with E-state index in [1.807, 2.05) is 24.3 Å². The van der Waals surface area contributed by atoms with Crippen LogP contribution >= 0.6 is 11.8 Å². The van der Waals surface area contributed by atoms with Gasteiger partial charge in [0.05, 0.1) is 5.69 Å². The van der Waals surface area contributed by atoms with Crippen LogP contribution in [0.4, 0.5) is 5.69 Å². The summed E-state index contributed by atoms with van der Waals surface area (Å²) in [4.78, 5) is 25.9. The molecule has 2 aromatic carbocycles. The van der Waals surface area contributed by atoms with Gasteiger partial charge >= 0.3 is 0 Å². The molecular formula is C23H24N2O5S. The second kappa shape index (κ2) is 8.43. The number of anilines is 1. The average Bonchev–Trinajstić information content (AvgIpc) is 3.18. The van der Waals surface area contributed by atoms with Crippen molar-refractivity contribution in [2.75, 3.05) is 37.6 Å². The average molecular weight is 441 g/mol. The maximum Gasteiger partial charge on any atom is 0.251 e. The molecule has 2 amide bonds. The van der Waals surface area contributed by atoms with E-state index in [0.29, 0.717) is 37.4 Å². The molecule has 3 aliphatic heterocycles. The Morgan fingerprint density at radius 1 is 1.10 bits per heavy atom. The monoisotopic (exact) mass is 440 g/mol. The summed E-state index contributed by atoms with van der Waals surface area (Å²) in [5, 5.41) is 6.02. The van der Waals surface area contributed by atoms with Crippen LogP contribution in [0, 0.1) is 0 Å². The molecule has 3 heterocycles. The van der Waals surface area contributed by atoms with Gasteiger partial charge in [-0.05, 0) is 48.7 Å². The van der Waals surface area contributed by atoms with E-state index in [4.69, 9.17) is 14.2 Å². The molecule has 8 heteroatoms. The van der Waals surface area contributed by atoms with E-state index < -0.39 is 0 Å². The minimum Gasteiger partial charge on any atom is -0.454 e. The zero-order valence-corrected chi connectivity index (χ0v) is 17.9. The summed E-state index contributed by atoms with van der Waals surface area (Å²) >= 11 is 1.63. The Hall–Kier alpha value is -2.71. The minimum atomic E-state index is -0.232. The Morgan fingerprint density at radius 2 is 1.94 bits per heavy atom. The number of fused-ring (bicyclic) bond motifs is 2. The summed E-state index contributed by atoms with van der Waals surface area (Å²) in [6.07, 6.45) is 2.09. The van der Waals surface area contributed by atoms with Crippen molar-refractivity contribution in [3.63, 3.8) is 0 Å². The van der Waals surface area contributed by atoms with Gasteiger partial charge in [0, 0.05) is 47.8 Å². The molecule has 2 aromatic rings. The van der Waals surface area contributed by atoms with E-state index in [2.05, 4.69) is 16.7 Å². The molecule has 0 unspecified atom stereocenters. The van der Waals surface area contributed by atoms with Crippen molar-refractivity contribution in [2.24, 2.45) is 0 Å². The van der Waals surface area contributed by atoms with Crippen molar-refractivity contribution in [3.05, 3.63) is 47.5 Å². The Balaban J connectivity index is 1.35. The number of thioether (sulfide) groups is 1. The summed E-state index contributed by atoms with van der Waals surface area (Å²) in [7, 11) is 0. The zero-order valence-electron chi connectivity index (χ0n) is 17.1. The van der Waals surface area contributed by atoms with Crippen LogP contribution in [0.25, 0.3) is 0 Å². The fourth-order valence-electron chi connectivity index (χ4n) is 4.27. The highest BCUT2D eigenvalue weighted by molar-refractivity contribution is 7.99. The lowest BCUT2D eigenvalue weighted by molar-refractivity contribution is -0.115. The number of carbonyl (C=O) groups is 2. The predicted octanol–water partition coefficient (Wildman–Crippen LogP) is 3.33. The molecule has 1 fully saturated rings. The highest BCUT2D eigenvalue weighted by Gasteiger charge is 2.36. The van der Waals surface area contributed by atoms with Gasteiger partial charge in [-0.3, -0.25) is 9.59 Å². The number of benzene rings is 2. The fraction of sp³-hybridized carbons (Fsp3) is 0.391. The first-order valence-corrected chi connectivity index (χ1v) is 11.4. The third-order valence-corrected chi connectivity index (χ3v) is 7.20. The Kier molecular flexibility index (Phi) is 5.50. The highest BCUT2D eigenvalue weighted by atomic mass is 32.2. The van der Waals surface area contributed by atoms with Crippen LogP contribution in [-0.4, -0.2) is 44.1 Å². The van der Waals surface area contributed by atoms with Crippen molar-refractivity contribution in [2.45, 2.75) is 29.6 Å². The van der Waals surface area contributed by atoms with Crippen molar-refractivity contribution in [1.82, 2.24) is 5.32 Å². The molecular weight excluding hydrogens is 416 g/mol. The SMILES string of the molecule is O=C1CCSc2ccc(C(=O)NCC3(c4ccc5c(c4)OCO5)CCOCC3)cc2N1. The third-order valence-electron chi connectivity index (χ3n) is 6.12. The Bertz CT molecular complexity index is 1020.